The van der Waals surface area contributed by atoms with Crippen LogP contribution < -0.4 is 26.8 Å². The molecule has 0 spiro atoms. The summed E-state index contributed by atoms with van der Waals surface area (Å²) in [5, 5.41) is 10.6. The van der Waals surface area contributed by atoms with Gasteiger partial charge >= 0.3 is 6.18 Å². The molecule has 0 aliphatic carbocycles. The summed E-state index contributed by atoms with van der Waals surface area (Å²) in [5.41, 5.74) is 9.20. The fourth-order valence-electron chi connectivity index (χ4n) is 4.17. The van der Waals surface area contributed by atoms with Gasteiger partial charge in [0.25, 0.3) is 5.91 Å². The van der Waals surface area contributed by atoms with Crippen molar-refractivity contribution in [3.63, 3.8) is 0 Å². The Balaban J connectivity index is 1.60. The molecule has 2 heterocycles. The van der Waals surface area contributed by atoms with Gasteiger partial charge in [-0.3, -0.25) is 14.9 Å². The lowest BCUT2D eigenvalue weighted by atomic mass is 10.1. The molecule has 1 aliphatic heterocycles. The van der Waals surface area contributed by atoms with Gasteiger partial charge in [-0.1, -0.05) is 6.07 Å². The van der Waals surface area contributed by atoms with Crippen molar-refractivity contribution in [2.24, 2.45) is 11.6 Å². The number of nitrogens with one attached hydrogen (secondary N) is 2. The third kappa shape index (κ3) is 5.46. The normalized spacial score (nSPS) is 14.3. The quantitative estimate of drug-likeness (QED) is 0.292. The first-order valence-corrected chi connectivity index (χ1v) is 11.4. The molecular weight excluding hydrogens is 471 g/mol. The van der Waals surface area contributed by atoms with E-state index in [-0.39, 0.29) is 11.3 Å². The molecule has 1 aliphatic rings. The van der Waals surface area contributed by atoms with Crippen LogP contribution in [0.3, 0.4) is 0 Å². The van der Waals surface area contributed by atoms with Crippen molar-refractivity contribution in [3.05, 3.63) is 76.7 Å². The number of H-pyrrole nitrogens is 1. The van der Waals surface area contributed by atoms with E-state index >= 15 is 0 Å². The molecule has 8 nitrogen and oxygen atoms in total. The Hall–Kier alpha value is -3.99. The number of nitrogens with zero attached hydrogens (tertiary/aromatic N) is 3. The molecule has 6 N–H and O–H groups in total. The minimum Gasteiger partial charge on any atom is -0.397 e. The summed E-state index contributed by atoms with van der Waals surface area (Å²) < 4.78 is 40.6. The van der Waals surface area contributed by atoms with Crippen LogP contribution in [0.5, 0.6) is 0 Å². The SMILES string of the molecule is Cc1ccc(C(=O)Nc2cc(N3CCCC3)cc(C(F)(F)F)c2)cc1N(N)/C=C(\N)c1cn[nH]c1C. The van der Waals surface area contributed by atoms with Crippen LogP contribution in [0.25, 0.3) is 5.70 Å². The Morgan fingerprint density at radius 1 is 1.17 bits per heavy atom. The second kappa shape index (κ2) is 9.94. The van der Waals surface area contributed by atoms with E-state index in [1.54, 1.807) is 30.5 Å². The molecule has 1 aromatic heterocycles. The lowest BCUT2D eigenvalue weighted by Gasteiger charge is -2.21. The van der Waals surface area contributed by atoms with Gasteiger partial charge in [-0.2, -0.15) is 18.3 Å². The maximum Gasteiger partial charge on any atom is 0.416 e. The zero-order chi connectivity index (χ0) is 26.0. The van der Waals surface area contributed by atoms with Gasteiger partial charge in [0, 0.05) is 47.5 Å². The van der Waals surface area contributed by atoms with Crippen LogP contribution in [0.4, 0.5) is 30.2 Å². The highest BCUT2D eigenvalue weighted by Crippen LogP contribution is 2.35. The number of amides is 1. The zero-order valence-electron chi connectivity index (χ0n) is 20.0. The van der Waals surface area contributed by atoms with Gasteiger partial charge in [0.2, 0.25) is 0 Å². The van der Waals surface area contributed by atoms with Crippen LogP contribution in [0.2, 0.25) is 0 Å². The number of aromatic nitrogens is 2. The molecule has 0 radical (unpaired) electrons. The molecule has 36 heavy (non-hydrogen) atoms. The largest absolute Gasteiger partial charge is 0.416 e. The van der Waals surface area contributed by atoms with Crippen LogP contribution >= 0.6 is 0 Å². The zero-order valence-corrected chi connectivity index (χ0v) is 20.0. The average molecular weight is 500 g/mol. The molecule has 4 rings (SSSR count). The molecule has 3 aromatic rings. The van der Waals surface area contributed by atoms with Crippen molar-refractivity contribution < 1.29 is 18.0 Å². The maximum absolute atomic E-state index is 13.5. The number of aryl methyl sites for hydroxylation is 2. The summed E-state index contributed by atoms with van der Waals surface area (Å²) >= 11 is 0. The first-order valence-electron chi connectivity index (χ1n) is 11.4. The van der Waals surface area contributed by atoms with Gasteiger partial charge in [0.15, 0.2) is 0 Å². The van der Waals surface area contributed by atoms with Gasteiger partial charge in [-0.15, -0.1) is 0 Å². The summed E-state index contributed by atoms with van der Waals surface area (Å²) in [6, 6.07) is 8.49. The minimum atomic E-state index is -4.54. The van der Waals surface area contributed by atoms with Crippen molar-refractivity contribution in [3.8, 4) is 0 Å². The van der Waals surface area contributed by atoms with Gasteiger partial charge in [-0.25, -0.2) is 5.84 Å². The maximum atomic E-state index is 13.5. The van der Waals surface area contributed by atoms with E-state index in [4.69, 9.17) is 11.6 Å². The summed E-state index contributed by atoms with van der Waals surface area (Å²) in [7, 11) is 0. The monoisotopic (exact) mass is 499 g/mol. The van der Waals surface area contributed by atoms with Crippen LogP contribution in [0.1, 0.15) is 45.6 Å². The van der Waals surface area contributed by atoms with Gasteiger partial charge in [0.1, 0.15) is 0 Å². The van der Waals surface area contributed by atoms with E-state index < -0.39 is 17.6 Å². The van der Waals surface area contributed by atoms with Crippen LogP contribution in [-0.2, 0) is 6.18 Å². The number of benzene rings is 2. The fourth-order valence-corrected chi connectivity index (χ4v) is 4.17. The number of hydrogen-bond donors (Lipinski definition) is 4. The van der Waals surface area contributed by atoms with Crippen molar-refractivity contribution >= 4 is 28.7 Å². The molecule has 1 fully saturated rings. The minimum absolute atomic E-state index is 0.0722. The van der Waals surface area contributed by atoms with E-state index in [2.05, 4.69) is 15.5 Å². The van der Waals surface area contributed by atoms with Crippen molar-refractivity contribution in [1.29, 1.82) is 0 Å². The molecule has 1 saturated heterocycles. The number of nitrogens with two attached hydrogens (primary N) is 2. The van der Waals surface area contributed by atoms with E-state index in [1.165, 1.54) is 11.2 Å². The second-order valence-corrected chi connectivity index (χ2v) is 8.82. The summed E-state index contributed by atoms with van der Waals surface area (Å²) in [6.45, 7) is 5.00. The predicted octanol–water partition coefficient (Wildman–Crippen LogP) is 4.54. The summed E-state index contributed by atoms with van der Waals surface area (Å²) in [5.74, 6) is 5.66. The highest BCUT2D eigenvalue weighted by molar-refractivity contribution is 6.05. The number of halogens is 3. The molecule has 0 bridgehead atoms. The van der Waals surface area contributed by atoms with E-state index in [9.17, 15) is 18.0 Å². The predicted molar refractivity (Wildman–Crippen MR) is 134 cm³/mol. The lowest BCUT2D eigenvalue weighted by molar-refractivity contribution is -0.137. The molecule has 0 atom stereocenters. The molecule has 1 amide bonds. The Morgan fingerprint density at radius 3 is 2.53 bits per heavy atom. The third-order valence-corrected chi connectivity index (χ3v) is 6.14. The fraction of sp³-hybridized carbons (Fsp3) is 0.280. The first kappa shape index (κ1) is 25.1. The smallest absolute Gasteiger partial charge is 0.397 e. The summed E-state index contributed by atoms with van der Waals surface area (Å²) in [4.78, 5) is 14.9. The number of carbonyl (C=O) groups excluding carboxylic acids is 1. The Bertz CT molecular complexity index is 1290. The Labute approximate surface area is 206 Å². The molecule has 0 unspecified atom stereocenters. The number of aromatic amines is 1. The standard InChI is InChI=1S/C25H28F3N7O/c1-15-5-6-17(9-23(15)35(30)14-22(29)21-13-31-33-16(21)2)24(36)32-19-10-18(25(26,27)28)11-20(12-19)34-7-3-4-8-34/h5-6,9-14H,3-4,7-8,29-30H2,1-2H3,(H,31,33)(H,32,36)/b22-14-. The lowest BCUT2D eigenvalue weighted by Crippen LogP contribution is -2.27. The van der Waals surface area contributed by atoms with Gasteiger partial charge in [-0.05, 0) is 62.6 Å². The van der Waals surface area contributed by atoms with Gasteiger partial charge < -0.3 is 16.0 Å². The van der Waals surface area contributed by atoms with E-state index in [0.29, 0.717) is 35.7 Å². The Morgan fingerprint density at radius 2 is 1.89 bits per heavy atom. The number of rotatable bonds is 6. The molecular formula is C25H28F3N7O. The number of carbonyl (C=O) groups is 1. The third-order valence-electron chi connectivity index (χ3n) is 6.14. The summed E-state index contributed by atoms with van der Waals surface area (Å²) in [6.07, 6.45) is 0.387. The van der Waals surface area contributed by atoms with Gasteiger partial charge in [0.05, 0.1) is 23.1 Å². The highest BCUT2D eigenvalue weighted by Gasteiger charge is 2.32. The topological polar surface area (TPSA) is 116 Å². The second-order valence-electron chi connectivity index (χ2n) is 8.82. The van der Waals surface area contributed by atoms with Crippen LogP contribution in [0.15, 0.2) is 48.8 Å². The first-order chi connectivity index (χ1) is 17.0. The number of hydrazine groups is 1. The van der Waals surface area contributed by atoms with Crippen molar-refractivity contribution in [1.82, 2.24) is 10.2 Å². The van der Waals surface area contributed by atoms with Crippen LogP contribution in [0, 0.1) is 13.8 Å². The molecule has 0 saturated carbocycles. The van der Waals surface area contributed by atoms with E-state index in [0.717, 1.165) is 36.2 Å². The molecule has 11 heteroatoms. The molecule has 2 aromatic carbocycles. The number of hydrogen-bond acceptors (Lipinski definition) is 6. The van der Waals surface area contributed by atoms with E-state index in [1.807, 2.05) is 18.7 Å². The highest BCUT2D eigenvalue weighted by atomic mass is 19.4. The number of alkyl halides is 3. The van der Waals surface area contributed by atoms with Crippen LogP contribution in [-0.4, -0.2) is 29.2 Å². The molecule has 190 valence electrons. The van der Waals surface area contributed by atoms with Crippen molar-refractivity contribution in [2.45, 2.75) is 32.9 Å². The number of anilines is 3. The van der Waals surface area contributed by atoms with Crippen molar-refractivity contribution in [2.75, 3.05) is 28.3 Å². The average Bonchev–Trinajstić information content (AvgIpc) is 3.50. The Kier molecular flexibility index (Phi) is 6.93.